The van der Waals surface area contributed by atoms with Crippen LogP contribution in [0, 0.1) is 5.41 Å². The topological polar surface area (TPSA) is 28.9 Å². The molecule has 140 valence electrons. The van der Waals surface area contributed by atoms with Gasteiger partial charge in [-0.05, 0) is 46.6 Å². The maximum Gasteiger partial charge on any atom is 0.151 e. The second-order valence-electron chi connectivity index (χ2n) is 9.92. The first-order valence-electron chi connectivity index (χ1n) is 9.75. The molecule has 0 unspecified atom stereocenters. The molecule has 0 spiro atoms. The second kappa shape index (κ2) is 6.02. The summed E-state index contributed by atoms with van der Waals surface area (Å²) in [4.78, 5) is 3.61. The predicted molar refractivity (Wildman–Crippen MR) is 115 cm³/mol. The number of rotatable bonds is 2. The number of furan rings is 1. The third kappa shape index (κ3) is 3.53. The van der Waals surface area contributed by atoms with Gasteiger partial charge in [0, 0.05) is 16.3 Å². The second-order valence-corrected chi connectivity index (χ2v) is 9.92. The Bertz CT molecular complexity index is 1110. The van der Waals surface area contributed by atoms with Gasteiger partial charge in [0.05, 0.1) is 5.69 Å². The van der Waals surface area contributed by atoms with Gasteiger partial charge in [-0.25, -0.2) is 0 Å². The van der Waals surface area contributed by atoms with Gasteiger partial charge in [0.15, 0.2) is 5.76 Å². The molecule has 0 bridgehead atoms. The van der Waals surface area contributed by atoms with Crippen molar-refractivity contribution in [3.63, 3.8) is 0 Å². The van der Waals surface area contributed by atoms with E-state index in [0.29, 0.717) is 0 Å². The van der Waals surface area contributed by atoms with E-state index < -0.39 is 0 Å². The zero-order chi connectivity index (χ0) is 19.4. The highest BCUT2D eigenvalue weighted by Crippen LogP contribution is 2.35. The molecule has 0 aliphatic carbocycles. The Balaban J connectivity index is 1.78. The molecule has 27 heavy (non-hydrogen) atoms. The van der Waals surface area contributed by atoms with Crippen LogP contribution < -0.4 is 0 Å². The lowest BCUT2D eigenvalue weighted by Crippen LogP contribution is -2.11. The first-order chi connectivity index (χ1) is 12.6. The van der Waals surface area contributed by atoms with Crippen molar-refractivity contribution in [1.29, 1.82) is 0 Å². The number of benzene rings is 2. The molecule has 0 aliphatic heterocycles. The molecule has 2 heterocycles. The number of hydrogen-bond donors (Lipinski definition) is 1. The highest BCUT2D eigenvalue weighted by Gasteiger charge is 2.19. The van der Waals surface area contributed by atoms with Crippen molar-refractivity contribution in [2.24, 2.45) is 5.41 Å². The Morgan fingerprint density at radius 1 is 0.852 bits per heavy atom. The van der Waals surface area contributed by atoms with E-state index in [4.69, 9.17) is 4.42 Å². The van der Waals surface area contributed by atoms with Crippen molar-refractivity contribution in [2.45, 2.75) is 53.4 Å². The quantitative estimate of drug-likeness (QED) is 0.395. The first kappa shape index (κ1) is 17.9. The molecule has 2 nitrogen and oxygen atoms in total. The monoisotopic (exact) mass is 359 g/mol. The highest BCUT2D eigenvalue weighted by molar-refractivity contribution is 5.90. The third-order valence-corrected chi connectivity index (χ3v) is 5.05. The van der Waals surface area contributed by atoms with Gasteiger partial charge < -0.3 is 9.40 Å². The van der Waals surface area contributed by atoms with Gasteiger partial charge in [-0.2, -0.15) is 0 Å². The van der Waals surface area contributed by atoms with Crippen LogP contribution in [-0.4, -0.2) is 4.98 Å². The van der Waals surface area contributed by atoms with Crippen molar-refractivity contribution < 1.29 is 4.42 Å². The maximum atomic E-state index is 6.23. The van der Waals surface area contributed by atoms with Crippen LogP contribution in [-0.2, 0) is 11.8 Å². The van der Waals surface area contributed by atoms with Gasteiger partial charge in [0.25, 0.3) is 0 Å². The summed E-state index contributed by atoms with van der Waals surface area (Å²) in [6.07, 6.45) is 1.04. The summed E-state index contributed by atoms with van der Waals surface area (Å²) >= 11 is 0. The van der Waals surface area contributed by atoms with E-state index in [-0.39, 0.29) is 10.8 Å². The van der Waals surface area contributed by atoms with Crippen LogP contribution >= 0.6 is 0 Å². The highest BCUT2D eigenvalue weighted by atomic mass is 16.3. The van der Waals surface area contributed by atoms with Crippen LogP contribution in [0.25, 0.3) is 33.3 Å². The number of H-pyrrole nitrogens is 1. The molecule has 0 atom stereocenters. The molecule has 4 rings (SSSR count). The zero-order valence-electron chi connectivity index (χ0n) is 17.2. The minimum absolute atomic E-state index is 0.0946. The van der Waals surface area contributed by atoms with E-state index in [2.05, 4.69) is 95.1 Å². The summed E-state index contributed by atoms with van der Waals surface area (Å²) in [5.74, 6) is 0.897. The molecule has 0 fully saturated rings. The van der Waals surface area contributed by atoms with Crippen LogP contribution in [0.4, 0.5) is 0 Å². The molecule has 1 N–H and O–H groups in total. The van der Waals surface area contributed by atoms with Gasteiger partial charge in [-0.15, -0.1) is 0 Å². The van der Waals surface area contributed by atoms with Crippen LogP contribution in [0.3, 0.4) is 0 Å². The van der Waals surface area contributed by atoms with Crippen LogP contribution in [0.1, 0.15) is 52.7 Å². The Morgan fingerprint density at radius 2 is 1.63 bits per heavy atom. The average molecular weight is 360 g/mol. The number of nitrogens with one attached hydrogen (secondary N) is 1. The number of hydrogen-bond acceptors (Lipinski definition) is 1. The van der Waals surface area contributed by atoms with Gasteiger partial charge >= 0.3 is 0 Å². The standard InChI is InChI=1S/C25H29NO/c1-24(2,3)15-16-10-11-17-14-22(27-21(17)12-16)20-13-18-8-7-9-19(23(18)26-20)25(4,5)6/h7-14,26H,15H2,1-6H3. The Morgan fingerprint density at radius 3 is 2.33 bits per heavy atom. The van der Waals surface area contributed by atoms with Crippen LogP contribution in [0.2, 0.25) is 0 Å². The Hall–Kier alpha value is -2.48. The Labute approximate surface area is 161 Å². The summed E-state index contributed by atoms with van der Waals surface area (Å²) in [6.45, 7) is 13.5. The molecule has 2 heteroatoms. The fourth-order valence-corrected chi connectivity index (χ4v) is 3.84. The molecule has 4 aromatic rings. The molecule has 0 amide bonds. The molecule has 0 radical (unpaired) electrons. The fourth-order valence-electron chi connectivity index (χ4n) is 3.84. The van der Waals surface area contributed by atoms with E-state index in [1.807, 2.05) is 0 Å². The zero-order valence-corrected chi connectivity index (χ0v) is 17.2. The van der Waals surface area contributed by atoms with E-state index in [9.17, 15) is 0 Å². The molecule has 0 saturated carbocycles. The van der Waals surface area contributed by atoms with Crippen molar-refractivity contribution >= 4 is 21.9 Å². The third-order valence-electron chi connectivity index (χ3n) is 5.05. The lowest BCUT2D eigenvalue weighted by atomic mass is 9.86. The fraction of sp³-hybridized carbons (Fsp3) is 0.360. The lowest BCUT2D eigenvalue weighted by Gasteiger charge is -2.19. The van der Waals surface area contributed by atoms with Gasteiger partial charge in [-0.3, -0.25) is 0 Å². The molecule has 2 aromatic heterocycles. The molecular weight excluding hydrogens is 330 g/mol. The minimum Gasteiger partial charge on any atom is -0.455 e. The smallest absolute Gasteiger partial charge is 0.151 e. The maximum absolute atomic E-state index is 6.23. The summed E-state index contributed by atoms with van der Waals surface area (Å²) in [6, 6.07) is 17.4. The first-order valence-corrected chi connectivity index (χ1v) is 9.75. The number of para-hydroxylation sites is 1. The van der Waals surface area contributed by atoms with Crippen molar-refractivity contribution in [3.05, 3.63) is 59.7 Å². The van der Waals surface area contributed by atoms with Crippen molar-refractivity contribution in [3.8, 4) is 11.5 Å². The van der Waals surface area contributed by atoms with Gasteiger partial charge in [0.2, 0.25) is 0 Å². The molecular formula is C25H29NO. The molecule has 0 saturated heterocycles. The van der Waals surface area contributed by atoms with E-state index in [1.165, 1.54) is 22.0 Å². The van der Waals surface area contributed by atoms with Crippen LogP contribution in [0.15, 0.2) is 52.9 Å². The predicted octanol–water partition coefficient (Wildman–Crippen LogP) is 7.47. The molecule has 2 aromatic carbocycles. The SMILES string of the molecule is CC(C)(C)Cc1ccc2cc(-c3cc4cccc(C(C)(C)C)c4[nH]3)oc2c1. The molecule has 0 aliphatic rings. The minimum atomic E-state index is 0.0946. The number of fused-ring (bicyclic) bond motifs is 2. The van der Waals surface area contributed by atoms with Crippen molar-refractivity contribution in [2.75, 3.05) is 0 Å². The average Bonchev–Trinajstić information content (AvgIpc) is 3.14. The summed E-state index contributed by atoms with van der Waals surface area (Å²) in [7, 11) is 0. The van der Waals surface area contributed by atoms with E-state index >= 15 is 0 Å². The van der Waals surface area contributed by atoms with E-state index in [1.54, 1.807) is 0 Å². The lowest BCUT2D eigenvalue weighted by molar-refractivity contribution is 0.411. The summed E-state index contributed by atoms with van der Waals surface area (Å²) in [5, 5.41) is 2.38. The summed E-state index contributed by atoms with van der Waals surface area (Å²) < 4.78 is 6.23. The van der Waals surface area contributed by atoms with E-state index in [0.717, 1.165) is 28.8 Å². The summed E-state index contributed by atoms with van der Waals surface area (Å²) in [5.41, 5.74) is 6.21. The number of aromatic amines is 1. The van der Waals surface area contributed by atoms with Gasteiger partial charge in [-0.1, -0.05) is 71.9 Å². The van der Waals surface area contributed by atoms with Crippen molar-refractivity contribution in [1.82, 2.24) is 4.98 Å². The normalized spacial score (nSPS) is 13.0. The number of aromatic nitrogens is 1. The largest absolute Gasteiger partial charge is 0.455 e. The van der Waals surface area contributed by atoms with Crippen LogP contribution in [0.5, 0.6) is 0 Å². The Kier molecular flexibility index (Phi) is 3.99. The van der Waals surface area contributed by atoms with Gasteiger partial charge in [0.1, 0.15) is 5.58 Å².